The molecule has 7 nitrogen and oxygen atoms in total. The molecule has 1 aliphatic carbocycles. The van der Waals surface area contributed by atoms with E-state index in [0.29, 0.717) is 15.6 Å². The van der Waals surface area contributed by atoms with Gasteiger partial charge in [0.2, 0.25) is 5.91 Å². The summed E-state index contributed by atoms with van der Waals surface area (Å²) in [7, 11) is 1.59. The number of carbonyl (C=O) groups is 3. The van der Waals surface area contributed by atoms with Gasteiger partial charge in [-0.1, -0.05) is 18.2 Å². The molecule has 0 saturated heterocycles. The number of anilines is 2. The van der Waals surface area contributed by atoms with Crippen LogP contribution in [0, 0.1) is 0 Å². The maximum absolute atomic E-state index is 12.4. The SMILES string of the molecule is CN(CC(=O)NC1CC1)C(=O)c1ccc(NC(=O)Nc2ccccc2)s1. The van der Waals surface area contributed by atoms with Crippen molar-refractivity contribution in [1.29, 1.82) is 0 Å². The summed E-state index contributed by atoms with van der Waals surface area (Å²) < 4.78 is 0. The van der Waals surface area contributed by atoms with Crippen molar-refractivity contribution in [2.75, 3.05) is 24.2 Å². The van der Waals surface area contributed by atoms with Gasteiger partial charge in [-0.15, -0.1) is 11.3 Å². The summed E-state index contributed by atoms with van der Waals surface area (Å²) in [4.78, 5) is 38.0. The molecule has 3 rings (SSSR count). The largest absolute Gasteiger partial charge is 0.352 e. The summed E-state index contributed by atoms with van der Waals surface area (Å²) in [5.41, 5.74) is 0.680. The molecule has 1 heterocycles. The lowest BCUT2D eigenvalue weighted by atomic mass is 10.3. The van der Waals surface area contributed by atoms with Crippen LogP contribution in [0.4, 0.5) is 15.5 Å². The first kappa shape index (κ1) is 17.9. The summed E-state index contributed by atoms with van der Waals surface area (Å²) in [6.07, 6.45) is 2.02. The first-order valence-electron chi connectivity index (χ1n) is 8.29. The van der Waals surface area contributed by atoms with E-state index in [1.807, 2.05) is 18.2 Å². The number of hydrogen-bond donors (Lipinski definition) is 3. The monoisotopic (exact) mass is 372 g/mol. The van der Waals surface area contributed by atoms with Crippen LogP contribution in [0.1, 0.15) is 22.5 Å². The van der Waals surface area contributed by atoms with Crippen molar-refractivity contribution < 1.29 is 14.4 Å². The van der Waals surface area contributed by atoms with Gasteiger partial charge in [0.1, 0.15) is 0 Å². The predicted molar refractivity (Wildman–Crippen MR) is 102 cm³/mol. The van der Waals surface area contributed by atoms with E-state index in [1.54, 1.807) is 31.3 Å². The van der Waals surface area contributed by atoms with Gasteiger partial charge in [-0.25, -0.2) is 4.79 Å². The molecule has 1 aromatic carbocycles. The Morgan fingerprint density at radius 1 is 1.08 bits per heavy atom. The number of benzene rings is 1. The van der Waals surface area contributed by atoms with Gasteiger partial charge in [0.25, 0.3) is 5.91 Å². The van der Waals surface area contributed by atoms with Crippen molar-refractivity contribution in [3.8, 4) is 0 Å². The van der Waals surface area contributed by atoms with Crippen LogP contribution in [0.15, 0.2) is 42.5 Å². The van der Waals surface area contributed by atoms with Gasteiger partial charge in [0, 0.05) is 18.8 Å². The molecule has 1 fully saturated rings. The van der Waals surface area contributed by atoms with Crippen molar-refractivity contribution in [3.63, 3.8) is 0 Å². The van der Waals surface area contributed by atoms with Crippen molar-refractivity contribution in [2.24, 2.45) is 0 Å². The van der Waals surface area contributed by atoms with Crippen LogP contribution < -0.4 is 16.0 Å². The van der Waals surface area contributed by atoms with E-state index in [-0.39, 0.29) is 30.4 Å². The highest BCUT2D eigenvalue weighted by Gasteiger charge is 2.25. The first-order valence-corrected chi connectivity index (χ1v) is 9.10. The summed E-state index contributed by atoms with van der Waals surface area (Å²) in [5.74, 6) is -0.405. The summed E-state index contributed by atoms with van der Waals surface area (Å²) in [6.45, 7) is 0.0183. The Labute approximate surface area is 155 Å². The molecule has 2 aromatic rings. The molecule has 4 amide bonds. The van der Waals surface area contributed by atoms with E-state index in [4.69, 9.17) is 0 Å². The lowest BCUT2D eigenvalue weighted by Crippen LogP contribution is -2.38. The number of likely N-dealkylation sites (N-methyl/N-ethyl adjacent to an activating group) is 1. The average molecular weight is 372 g/mol. The molecule has 0 bridgehead atoms. The Balaban J connectivity index is 1.52. The van der Waals surface area contributed by atoms with Crippen molar-refractivity contribution >= 4 is 39.9 Å². The van der Waals surface area contributed by atoms with Crippen molar-refractivity contribution in [1.82, 2.24) is 10.2 Å². The van der Waals surface area contributed by atoms with E-state index >= 15 is 0 Å². The average Bonchev–Trinajstić information content (AvgIpc) is 3.30. The lowest BCUT2D eigenvalue weighted by molar-refractivity contribution is -0.121. The van der Waals surface area contributed by atoms with E-state index in [0.717, 1.165) is 12.8 Å². The molecule has 0 unspecified atom stereocenters. The highest BCUT2D eigenvalue weighted by molar-refractivity contribution is 7.18. The zero-order valence-electron chi connectivity index (χ0n) is 14.3. The Hall–Kier alpha value is -2.87. The molecule has 0 aliphatic heterocycles. The van der Waals surface area contributed by atoms with E-state index in [1.165, 1.54) is 16.2 Å². The van der Waals surface area contributed by atoms with Crippen LogP contribution in [-0.2, 0) is 4.79 Å². The molecule has 26 heavy (non-hydrogen) atoms. The smallest absolute Gasteiger partial charge is 0.324 e. The normalized spacial score (nSPS) is 13.0. The van der Waals surface area contributed by atoms with Gasteiger partial charge in [-0.2, -0.15) is 0 Å². The quantitative estimate of drug-likeness (QED) is 0.728. The zero-order chi connectivity index (χ0) is 18.5. The minimum absolute atomic E-state index is 0.0183. The third kappa shape index (κ3) is 5.06. The fourth-order valence-corrected chi connectivity index (χ4v) is 3.19. The molecular weight excluding hydrogens is 352 g/mol. The highest BCUT2D eigenvalue weighted by Crippen LogP contribution is 2.23. The fourth-order valence-electron chi connectivity index (χ4n) is 2.29. The third-order valence-electron chi connectivity index (χ3n) is 3.76. The van der Waals surface area contributed by atoms with Crippen LogP contribution >= 0.6 is 11.3 Å². The number of amides is 4. The van der Waals surface area contributed by atoms with E-state index in [2.05, 4.69) is 16.0 Å². The maximum Gasteiger partial charge on any atom is 0.324 e. The van der Waals surface area contributed by atoms with Crippen LogP contribution in [-0.4, -0.2) is 42.4 Å². The zero-order valence-corrected chi connectivity index (χ0v) is 15.1. The number of thiophene rings is 1. The van der Waals surface area contributed by atoms with E-state index in [9.17, 15) is 14.4 Å². The molecule has 8 heteroatoms. The molecule has 0 atom stereocenters. The number of rotatable bonds is 6. The molecule has 136 valence electrons. The summed E-state index contributed by atoms with van der Waals surface area (Å²) in [6, 6.07) is 12.3. The minimum Gasteiger partial charge on any atom is -0.352 e. The number of hydrogen-bond acceptors (Lipinski definition) is 4. The minimum atomic E-state index is -0.380. The maximum atomic E-state index is 12.4. The number of urea groups is 1. The van der Waals surface area contributed by atoms with Gasteiger partial charge in [0.05, 0.1) is 16.4 Å². The summed E-state index contributed by atoms with van der Waals surface area (Å²) in [5, 5.41) is 8.81. The van der Waals surface area contributed by atoms with Crippen LogP contribution in [0.3, 0.4) is 0 Å². The lowest BCUT2D eigenvalue weighted by Gasteiger charge is -2.15. The molecule has 1 saturated carbocycles. The Morgan fingerprint density at radius 3 is 2.50 bits per heavy atom. The second kappa shape index (κ2) is 8.01. The molecular formula is C18H20N4O3S. The van der Waals surface area contributed by atoms with Crippen molar-refractivity contribution in [2.45, 2.75) is 18.9 Å². The van der Waals surface area contributed by atoms with Gasteiger partial charge in [-0.05, 0) is 37.1 Å². The standard InChI is InChI=1S/C18H20N4O3S/c1-22(11-15(23)19-13-7-8-13)17(24)14-9-10-16(26-14)21-18(25)20-12-5-3-2-4-6-12/h2-6,9-10,13H,7-8,11H2,1H3,(H,19,23)(H2,20,21,25). The second-order valence-electron chi connectivity index (χ2n) is 6.11. The first-order chi connectivity index (χ1) is 12.5. The number of carbonyl (C=O) groups excluding carboxylic acids is 3. The molecule has 0 spiro atoms. The second-order valence-corrected chi connectivity index (χ2v) is 7.20. The van der Waals surface area contributed by atoms with Gasteiger partial charge >= 0.3 is 6.03 Å². The predicted octanol–water partition coefficient (Wildman–Crippen LogP) is 2.74. The van der Waals surface area contributed by atoms with Crippen molar-refractivity contribution in [3.05, 3.63) is 47.3 Å². The molecule has 3 N–H and O–H groups in total. The van der Waals surface area contributed by atoms with Crippen LogP contribution in [0.25, 0.3) is 0 Å². The summed E-state index contributed by atoms with van der Waals surface area (Å²) >= 11 is 1.17. The molecule has 1 aliphatic rings. The molecule has 0 radical (unpaired) electrons. The third-order valence-corrected chi connectivity index (χ3v) is 4.74. The Kier molecular flexibility index (Phi) is 5.52. The number of para-hydroxylation sites is 1. The van der Waals surface area contributed by atoms with Gasteiger partial charge < -0.3 is 15.5 Å². The van der Waals surface area contributed by atoms with Crippen LogP contribution in [0.2, 0.25) is 0 Å². The van der Waals surface area contributed by atoms with Crippen LogP contribution in [0.5, 0.6) is 0 Å². The fraction of sp³-hybridized carbons (Fsp3) is 0.278. The number of nitrogens with one attached hydrogen (secondary N) is 3. The topological polar surface area (TPSA) is 90.5 Å². The molecule has 1 aromatic heterocycles. The van der Waals surface area contributed by atoms with Gasteiger partial charge in [0.15, 0.2) is 0 Å². The van der Waals surface area contributed by atoms with E-state index < -0.39 is 0 Å². The Bertz CT molecular complexity index is 802. The van der Waals surface area contributed by atoms with Gasteiger partial charge in [-0.3, -0.25) is 14.9 Å². The Morgan fingerprint density at radius 2 is 1.81 bits per heavy atom. The highest BCUT2D eigenvalue weighted by atomic mass is 32.1. The number of nitrogens with zero attached hydrogens (tertiary/aromatic N) is 1.